The minimum atomic E-state index is -0.320. The van der Waals surface area contributed by atoms with E-state index in [-0.39, 0.29) is 11.9 Å². The highest BCUT2D eigenvalue weighted by molar-refractivity contribution is 6.30. The Balaban J connectivity index is 1.78. The highest BCUT2D eigenvalue weighted by atomic mass is 35.5. The first-order chi connectivity index (χ1) is 14.1. The van der Waals surface area contributed by atoms with Crippen molar-refractivity contribution in [1.82, 2.24) is 0 Å². The van der Waals surface area contributed by atoms with Gasteiger partial charge in [-0.25, -0.2) is 4.39 Å². The van der Waals surface area contributed by atoms with Crippen LogP contribution >= 0.6 is 11.6 Å². The molecule has 1 atom stereocenters. The summed E-state index contributed by atoms with van der Waals surface area (Å²) < 4.78 is 25.4. The van der Waals surface area contributed by atoms with Crippen molar-refractivity contribution >= 4 is 23.0 Å². The molecule has 0 amide bonds. The number of hydrogen-bond acceptors (Lipinski definition) is 4. The molecule has 6 heteroatoms. The van der Waals surface area contributed by atoms with Gasteiger partial charge in [0, 0.05) is 11.4 Å². The lowest BCUT2D eigenvalue weighted by Crippen LogP contribution is -2.19. The van der Waals surface area contributed by atoms with Gasteiger partial charge in [-0.1, -0.05) is 41.9 Å². The molecule has 0 fully saturated rings. The van der Waals surface area contributed by atoms with Gasteiger partial charge >= 0.3 is 0 Å². The summed E-state index contributed by atoms with van der Waals surface area (Å²) >= 11 is 6.02. The van der Waals surface area contributed by atoms with E-state index in [1.165, 1.54) is 6.07 Å². The quantitative estimate of drug-likeness (QED) is 0.529. The van der Waals surface area contributed by atoms with E-state index in [0.29, 0.717) is 28.6 Å². The molecule has 148 valence electrons. The number of halogens is 2. The summed E-state index contributed by atoms with van der Waals surface area (Å²) in [6.07, 6.45) is 0.617. The first kappa shape index (κ1) is 19.3. The molecular formula is C23H20ClFN2O2. The fraction of sp³-hybridized carbons (Fsp3) is 0.174. The van der Waals surface area contributed by atoms with Crippen molar-refractivity contribution in [3.8, 4) is 11.5 Å². The number of para-hydroxylation sites is 1. The molecule has 0 bridgehead atoms. The second-order valence-electron chi connectivity index (χ2n) is 6.68. The van der Waals surface area contributed by atoms with Crippen molar-refractivity contribution in [3.63, 3.8) is 0 Å². The van der Waals surface area contributed by atoms with Gasteiger partial charge in [-0.2, -0.15) is 5.10 Å². The molecule has 29 heavy (non-hydrogen) atoms. The molecule has 0 spiro atoms. The molecule has 0 aromatic heterocycles. The van der Waals surface area contributed by atoms with Gasteiger partial charge in [-0.3, -0.25) is 5.01 Å². The average molecular weight is 411 g/mol. The Morgan fingerprint density at radius 1 is 0.966 bits per heavy atom. The lowest BCUT2D eigenvalue weighted by molar-refractivity contribution is 0.354. The number of ether oxygens (including phenoxy) is 2. The molecule has 3 aromatic carbocycles. The average Bonchev–Trinajstić information content (AvgIpc) is 3.19. The van der Waals surface area contributed by atoms with Crippen molar-refractivity contribution in [3.05, 3.63) is 88.7 Å². The van der Waals surface area contributed by atoms with Crippen LogP contribution in [0.1, 0.15) is 23.6 Å². The summed E-state index contributed by atoms with van der Waals surface area (Å²) in [5.41, 5.74) is 3.21. The topological polar surface area (TPSA) is 34.1 Å². The zero-order valence-corrected chi connectivity index (χ0v) is 16.9. The van der Waals surface area contributed by atoms with Crippen molar-refractivity contribution in [2.75, 3.05) is 19.2 Å². The summed E-state index contributed by atoms with van der Waals surface area (Å²) in [5.74, 6) is 0.947. The highest BCUT2D eigenvalue weighted by Crippen LogP contribution is 2.40. The molecule has 1 aliphatic heterocycles. The third-order valence-electron chi connectivity index (χ3n) is 4.98. The Labute approximate surface area is 174 Å². The van der Waals surface area contributed by atoms with E-state index in [1.54, 1.807) is 37.4 Å². The van der Waals surface area contributed by atoms with E-state index >= 15 is 0 Å². The van der Waals surface area contributed by atoms with Crippen LogP contribution in [0, 0.1) is 5.82 Å². The van der Waals surface area contributed by atoms with E-state index < -0.39 is 0 Å². The molecule has 0 N–H and O–H groups in total. The number of rotatable bonds is 5. The summed E-state index contributed by atoms with van der Waals surface area (Å²) in [6.45, 7) is 0. The zero-order chi connectivity index (χ0) is 20.4. The Bertz CT molecular complexity index is 1050. The smallest absolute Gasteiger partial charge is 0.161 e. The minimum Gasteiger partial charge on any atom is -0.493 e. The number of anilines is 1. The Kier molecular flexibility index (Phi) is 5.41. The van der Waals surface area contributed by atoms with Crippen molar-refractivity contribution in [2.45, 2.75) is 12.5 Å². The van der Waals surface area contributed by atoms with Gasteiger partial charge in [0.1, 0.15) is 5.82 Å². The lowest BCUT2D eigenvalue weighted by atomic mass is 9.97. The summed E-state index contributed by atoms with van der Waals surface area (Å²) in [4.78, 5) is 0. The first-order valence-corrected chi connectivity index (χ1v) is 9.57. The van der Waals surface area contributed by atoms with Crippen molar-refractivity contribution in [1.29, 1.82) is 0 Å². The van der Waals surface area contributed by atoms with E-state index in [0.717, 1.165) is 16.8 Å². The molecule has 0 radical (unpaired) electrons. The highest BCUT2D eigenvalue weighted by Gasteiger charge is 2.32. The van der Waals surface area contributed by atoms with Crippen LogP contribution in [0.3, 0.4) is 0 Å². The van der Waals surface area contributed by atoms with Crippen LogP contribution in [0.5, 0.6) is 11.5 Å². The van der Waals surface area contributed by atoms with Gasteiger partial charge in [0.2, 0.25) is 0 Å². The predicted octanol–water partition coefficient (Wildman–Crippen LogP) is 5.85. The molecule has 0 unspecified atom stereocenters. The first-order valence-electron chi connectivity index (χ1n) is 9.20. The molecule has 1 aliphatic rings. The number of nitrogens with zero attached hydrogens (tertiary/aromatic N) is 2. The van der Waals surface area contributed by atoms with Gasteiger partial charge < -0.3 is 9.47 Å². The van der Waals surface area contributed by atoms with E-state index in [4.69, 9.17) is 26.2 Å². The third kappa shape index (κ3) is 3.78. The second kappa shape index (κ2) is 8.13. The molecule has 0 saturated heterocycles. The molecule has 4 rings (SSSR count). The van der Waals surface area contributed by atoms with Gasteiger partial charge in [-0.15, -0.1) is 0 Å². The maximum atomic E-state index is 14.6. The molecular weight excluding hydrogens is 391 g/mol. The Morgan fingerprint density at radius 2 is 1.69 bits per heavy atom. The zero-order valence-electron chi connectivity index (χ0n) is 16.1. The summed E-state index contributed by atoms with van der Waals surface area (Å²) in [5, 5.41) is 7.17. The minimum absolute atomic E-state index is 0.183. The largest absolute Gasteiger partial charge is 0.493 e. The van der Waals surface area contributed by atoms with Crippen LogP contribution < -0.4 is 14.5 Å². The third-order valence-corrected chi connectivity index (χ3v) is 5.23. The molecule has 1 heterocycles. The van der Waals surface area contributed by atoms with Crippen LogP contribution in [0.4, 0.5) is 10.1 Å². The van der Waals surface area contributed by atoms with Crippen LogP contribution in [-0.4, -0.2) is 19.9 Å². The molecule has 0 saturated carbocycles. The van der Waals surface area contributed by atoms with Gasteiger partial charge in [0.25, 0.3) is 0 Å². The maximum absolute atomic E-state index is 14.6. The van der Waals surface area contributed by atoms with Gasteiger partial charge in [0.15, 0.2) is 11.5 Å². The molecule has 0 aliphatic carbocycles. The normalized spacial score (nSPS) is 15.9. The van der Waals surface area contributed by atoms with Crippen molar-refractivity contribution in [2.24, 2.45) is 5.10 Å². The molecule has 4 nitrogen and oxygen atoms in total. The standard InChI is InChI=1S/C23H20ClFN2O2/c1-28-22-12-9-16(13-23(22)29-2)21-14-19(15-7-10-17(24)11-8-15)26-27(21)20-6-4-3-5-18(20)25/h3-13,21H,14H2,1-2H3/t21-/m1/s1. The number of benzene rings is 3. The van der Waals surface area contributed by atoms with Gasteiger partial charge in [-0.05, 0) is 47.5 Å². The monoisotopic (exact) mass is 410 g/mol. The number of hydrogen-bond donors (Lipinski definition) is 0. The number of methoxy groups -OCH3 is 2. The Morgan fingerprint density at radius 3 is 2.38 bits per heavy atom. The second-order valence-corrected chi connectivity index (χ2v) is 7.12. The number of hydrazone groups is 1. The van der Waals surface area contributed by atoms with E-state index in [1.807, 2.05) is 42.5 Å². The SMILES string of the molecule is COc1ccc([C@H]2CC(c3ccc(Cl)cc3)=NN2c2ccccc2F)cc1OC. The summed E-state index contributed by atoms with van der Waals surface area (Å²) in [6, 6.07) is 19.7. The lowest BCUT2D eigenvalue weighted by Gasteiger charge is -2.25. The summed E-state index contributed by atoms with van der Waals surface area (Å²) in [7, 11) is 3.20. The fourth-order valence-corrected chi connectivity index (χ4v) is 3.63. The Hall–Kier alpha value is -3.05. The molecule has 3 aromatic rings. The van der Waals surface area contributed by atoms with Crippen LogP contribution in [-0.2, 0) is 0 Å². The van der Waals surface area contributed by atoms with Crippen LogP contribution in [0.15, 0.2) is 71.8 Å². The van der Waals surface area contributed by atoms with Gasteiger partial charge in [0.05, 0.1) is 31.7 Å². The van der Waals surface area contributed by atoms with Crippen LogP contribution in [0.2, 0.25) is 5.02 Å². The fourth-order valence-electron chi connectivity index (χ4n) is 3.51. The predicted molar refractivity (Wildman–Crippen MR) is 114 cm³/mol. The van der Waals surface area contributed by atoms with Crippen LogP contribution in [0.25, 0.3) is 0 Å². The van der Waals surface area contributed by atoms with Crippen molar-refractivity contribution < 1.29 is 13.9 Å². The maximum Gasteiger partial charge on any atom is 0.161 e. The van der Waals surface area contributed by atoms with E-state index in [9.17, 15) is 4.39 Å². The van der Waals surface area contributed by atoms with E-state index in [2.05, 4.69) is 0 Å².